The molecule has 0 aromatic rings. The maximum absolute atomic E-state index is 15.2. The lowest BCUT2D eigenvalue weighted by molar-refractivity contribution is -0.481. The molecule has 8 fully saturated rings. The fourth-order valence-corrected chi connectivity index (χ4v) is 14.3. The number of ether oxygens (including phenoxy) is 9. The van der Waals surface area contributed by atoms with Crippen LogP contribution in [0.4, 0.5) is 0 Å². The smallest absolute Gasteiger partial charge is 0.311 e. The van der Waals surface area contributed by atoms with Crippen molar-refractivity contribution >= 4 is 29.8 Å². The number of rotatable bonds is 7. The second-order valence-electron chi connectivity index (χ2n) is 18.8. The molecule has 4 heterocycles. The van der Waals surface area contributed by atoms with Gasteiger partial charge < -0.3 is 52.8 Å². The molecule has 3 saturated heterocycles. The van der Waals surface area contributed by atoms with Crippen molar-refractivity contribution in [3.8, 4) is 0 Å². The third-order valence-corrected chi connectivity index (χ3v) is 15.9. The summed E-state index contributed by atoms with van der Waals surface area (Å²) in [7, 11) is 1.26. The van der Waals surface area contributed by atoms with E-state index in [4.69, 9.17) is 42.6 Å². The molecule has 2 N–H and O–H groups in total. The Labute approximate surface area is 317 Å². The van der Waals surface area contributed by atoms with Gasteiger partial charge in [0.2, 0.25) is 0 Å². The van der Waals surface area contributed by atoms with Gasteiger partial charge in [0, 0.05) is 48.9 Å². The van der Waals surface area contributed by atoms with E-state index in [1.807, 2.05) is 6.92 Å². The molecule has 5 aliphatic carbocycles. The van der Waals surface area contributed by atoms with Crippen molar-refractivity contribution in [2.75, 3.05) is 7.11 Å². The van der Waals surface area contributed by atoms with E-state index in [1.54, 1.807) is 48.5 Å². The molecule has 9 aliphatic rings. The van der Waals surface area contributed by atoms with Gasteiger partial charge in [0.15, 0.2) is 11.7 Å². The van der Waals surface area contributed by atoms with Crippen LogP contribution >= 0.6 is 0 Å². The monoisotopic (exact) mass is 774 g/mol. The van der Waals surface area contributed by atoms with Crippen LogP contribution in [0.5, 0.6) is 0 Å². The van der Waals surface area contributed by atoms with Gasteiger partial charge in [-0.2, -0.15) is 0 Å². The fourth-order valence-electron chi connectivity index (χ4n) is 14.3. The van der Waals surface area contributed by atoms with Crippen molar-refractivity contribution in [1.82, 2.24) is 0 Å². The lowest BCUT2D eigenvalue weighted by Crippen LogP contribution is -2.95. The van der Waals surface area contributed by atoms with E-state index in [-0.39, 0.29) is 19.3 Å². The lowest BCUT2D eigenvalue weighted by Gasteiger charge is -2.77. The molecule has 0 amide bonds. The van der Waals surface area contributed by atoms with E-state index in [2.05, 4.69) is 0 Å². The summed E-state index contributed by atoms with van der Waals surface area (Å²) in [6, 6.07) is 0. The second-order valence-corrected chi connectivity index (χ2v) is 18.8. The molecular formula is C39H50O16. The van der Waals surface area contributed by atoms with E-state index in [9.17, 15) is 29.4 Å². The summed E-state index contributed by atoms with van der Waals surface area (Å²) in [4.78, 5) is 69.0. The summed E-state index contributed by atoms with van der Waals surface area (Å²) < 4.78 is 57.7. The van der Waals surface area contributed by atoms with Gasteiger partial charge in [-0.25, -0.2) is 0 Å². The van der Waals surface area contributed by atoms with Crippen LogP contribution in [0.15, 0.2) is 12.3 Å². The molecule has 0 aromatic heterocycles. The van der Waals surface area contributed by atoms with E-state index < -0.39 is 140 Å². The van der Waals surface area contributed by atoms with Crippen LogP contribution < -0.4 is 0 Å². The van der Waals surface area contributed by atoms with Crippen LogP contribution in [-0.2, 0) is 66.6 Å². The lowest BCUT2D eigenvalue weighted by atomic mass is 9.33. The maximum Gasteiger partial charge on any atom is 0.311 e. The molecule has 16 heteroatoms. The van der Waals surface area contributed by atoms with Crippen molar-refractivity contribution < 1.29 is 76.8 Å². The van der Waals surface area contributed by atoms with Gasteiger partial charge in [-0.3, -0.25) is 24.0 Å². The highest BCUT2D eigenvalue weighted by atomic mass is 16.9. The predicted octanol–water partition coefficient (Wildman–Crippen LogP) is 1.80. The minimum absolute atomic E-state index is 0.0238. The minimum atomic E-state index is -2.34. The van der Waals surface area contributed by atoms with Crippen molar-refractivity contribution in [3.63, 3.8) is 0 Å². The Morgan fingerprint density at radius 3 is 2.20 bits per heavy atom. The predicted molar refractivity (Wildman–Crippen MR) is 179 cm³/mol. The first-order valence-corrected chi connectivity index (χ1v) is 19.2. The zero-order chi connectivity index (χ0) is 40.1. The van der Waals surface area contributed by atoms with Crippen LogP contribution in [0, 0.1) is 51.2 Å². The molecule has 0 unspecified atom stereocenters. The third kappa shape index (κ3) is 3.52. The average Bonchev–Trinajstić information content (AvgIpc) is 3.77. The molecule has 16 nitrogen and oxygen atoms in total. The van der Waals surface area contributed by atoms with Crippen LogP contribution in [0.3, 0.4) is 0 Å². The number of methoxy groups -OCH3 is 1. The normalized spacial score (nSPS) is 55.1. The zero-order valence-electron chi connectivity index (χ0n) is 32.7. The van der Waals surface area contributed by atoms with E-state index in [1.165, 1.54) is 26.4 Å². The summed E-state index contributed by atoms with van der Waals surface area (Å²) >= 11 is 0. The Kier molecular flexibility index (Phi) is 7.05. The Morgan fingerprint density at radius 1 is 0.945 bits per heavy atom. The number of carbonyl (C=O) groups is 5. The number of esters is 5. The average molecular weight is 775 g/mol. The van der Waals surface area contributed by atoms with E-state index in [0.29, 0.717) is 0 Å². The number of aliphatic hydroxyl groups is 2. The Morgan fingerprint density at radius 2 is 1.58 bits per heavy atom. The van der Waals surface area contributed by atoms with E-state index >= 15 is 4.79 Å². The summed E-state index contributed by atoms with van der Waals surface area (Å²) in [5.74, 6) is -10.1. The van der Waals surface area contributed by atoms with Crippen molar-refractivity contribution in [1.29, 1.82) is 0 Å². The quantitative estimate of drug-likeness (QED) is 0.279. The van der Waals surface area contributed by atoms with Crippen molar-refractivity contribution in [2.24, 2.45) is 51.2 Å². The highest BCUT2D eigenvalue weighted by Crippen LogP contribution is 2.91. The molecule has 4 spiro atoms. The first-order valence-electron chi connectivity index (χ1n) is 19.2. The molecule has 4 bridgehead atoms. The van der Waals surface area contributed by atoms with Gasteiger partial charge in [-0.05, 0) is 18.4 Å². The van der Waals surface area contributed by atoms with Crippen LogP contribution in [0.1, 0.15) is 81.6 Å². The topological polar surface area (TPSA) is 209 Å². The molecule has 0 aromatic carbocycles. The molecule has 302 valence electrons. The van der Waals surface area contributed by atoms with Gasteiger partial charge in [0.1, 0.15) is 34.4 Å². The minimum Gasteiger partial charge on any atom is -0.469 e. The van der Waals surface area contributed by atoms with Crippen LogP contribution in [-0.4, -0.2) is 106 Å². The third-order valence-electron chi connectivity index (χ3n) is 15.9. The molecule has 17 atom stereocenters. The van der Waals surface area contributed by atoms with Gasteiger partial charge in [-0.1, -0.05) is 48.5 Å². The van der Waals surface area contributed by atoms with Crippen molar-refractivity contribution in [3.05, 3.63) is 12.3 Å². The number of hydrogen-bond acceptors (Lipinski definition) is 16. The molecule has 0 radical (unpaired) electrons. The Balaban J connectivity index is 1.38. The maximum atomic E-state index is 15.2. The van der Waals surface area contributed by atoms with Gasteiger partial charge >= 0.3 is 29.8 Å². The Hall–Kier alpha value is -3.31. The van der Waals surface area contributed by atoms with Gasteiger partial charge in [0.25, 0.3) is 12.3 Å². The van der Waals surface area contributed by atoms with Gasteiger partial charge in [0.05, 0.1) is 37.2 Å². The van der Waals surface area contributed by atoms with Crippen molar-refractivity contribution in [2.45, 2.75) is 141 Å². The van der Waals surface area contributed by atoms with E-state index in [0.717, 1.165) is 0 Å². The zero-order valence-corrected chi connectivity index (χ0v) is 32.7. The Bertz CT molecular complexity index is 1860. The standard InChI is InChI=1S/C39H50O16/c1-16(2)24(42)50-28-32(7)20(49-18(5)40)14-36-33(8)19(13-21(41)47-10)31(6)15-37(33)38(46,27(31)45)29-39(36,55-34(9,53-36)54-37)23(32)22(26(44)51-29)35(28)11-12-48-30(35)52-25(43)17(3)4/h11-12,16-17,19-20,22-23,27-30,45-46H,13-15H2,1-10H3/t19-,20-,22+,23+,27-,28+,29-,30-,31+,32+,33-,34+,35+,36-,37+,38-,39+/m0/s1. The number of carbonyl (C=O) groups excluding carboxylic acids is 5. The van der Waals surface area contributed by atoms with Crippen LogP contribution in [0.2, 0.25) is 0 Å². The largest absolute Gasteiger partial charge is 0.469 e. The fraction of sp³-hybridized carbons (Fsp3) is 0.821. The summed E-state index contributed by atoms with van der Waals surface area (Å²) in [5, 5.41) is 26.0. The number of hydrogen-bond donors (Lipinski definition) is 2. The second kappa shape index (κ2) is 10.4. The first kappa shape index (κ1) is 37.3. The summed E-state index contributed by atoms with van der Waals surface area (Å²) in [5.41, 5.74) is -13.7. The first-order chi connectivity index (χ1) is 25.5. The SMILES string of the molecule is COC(=O)C[C@H]1[C@@]2(C)C[C@]34O[C@]5(C)O[C@]67[C@@H]8[C@H](C(=O)O[C@H]6[C@@]3(O)[C@H]2O)[C@]2(C=CO[C@H]2OC(=O)C(C)C)[C@H](OC(=O)C(C)C)[C@]8(C)[C@@H](OC(C)=O)C[C@]7(O5)[C@]14C. The molecule has 9 rings (SSSR count). The van der Waals surface area contributed by atoms with Gasteiger partial charge in [-0.15, -0.1) is 0 Å². The number of aliphatic hydroxyl groups excluding tert-OH is 1. The van der Waals surface area contributed by atoms with Crippen LogP contribution in [0.25, 0.3) is 0 Å². The summed E-state index contributed by atoms with van der Waals surface area (Å²) in [6.45, 7) is 14.7. The highest BCUT2D eigenvalue weighted by molar-refractivity contribution is 5.81. The molecule has 55 heavy (non-hydrogen) atoms. The number of fused-ring (bicyclic) bond motifs is 4. The molecule has 5 saturated carbocycles. The molecule has 4 aliphatic heterocycles. The summed E-state index contributed by atoms with van der Waals surface area (Å²) in [6.07, 6.45) is -4.96. The highest BCUT2D eigenvalue weighted by Gasteiger charge is 3.06. The molecular weight excluding hydrogens is 724 g/mol.